The standard InChI is InChI=1S/C15H14N6/c16-14-13(19-18-12-9-5-2-6-10-12)15(21-20-14)17-11-7-3-1-4-8-11/h1-10H,(H4,16,17,20,21). The van der Waals surface area contributed by atoms with Gasteiger partial charge in [0.15, 0.2) is 11.5 Å². The Balaban J connectivity index is 1.86. The van der Waals surface area contributed by atoms with Crippen molar-refractivity contribution < 1.29 is 0 Å². The number of anilines is 3. The summed E-state index contributed by atoms with van der Waals surface area (Å²) in [6.45, 7) is 0. The van der Waals surface area contributed by atoms with E-state index in [4.69, 9.17) is 5.73 Å². The van der Waals surface area contributed by atoms with Crippen LogP contribution in [0.25, 0.3) is 0 Å². The number of para-hydroxylation sites is 1. The third-order valence-electron chi connectivity index (χ3n) is 2.83. The van der Waals surface area contributed by atoms with E-state index in [-0.39, 0.29) is 0 Å². The van der Waals surface area contributed by atoms with Crippen LogP contribution < -0.4 is 11.1 Å². The van der Waals surface area contributed by atoms with E-state index in [2.05, 4.69) is 25.7 Å². The molecular weight excluding hydrogens is 264 g/mol. The number of aromatic amines is 1. The minimum atomic E-state index is 0.369. The number of hydrogen-bond donors (Lipinski definition) is 3. The van der Waals surface area contributed by atoms with Crippen molar-refractivity contribution in [3.63, 3.8) is 0 Å². The predicted octanol–water partition coefficient (Wildman–Crippen LogP) is 4.15. The summed E-state index contributed by atoms with van der Waals surface area (Å²) in [4.78, 5) is 0. The molecule has 6 heteroatoms. The van der Waals surface area contributed by atoms with E-state index in [9.17, 15) is 0 Å². The molecule has 6 nitrogen and oxygen atoms in total. The molecule has 4 N–H and O–H groups in total. The largest absolute Gasteiger partial charge is 0.382 e. The van der Waals surface area contributed by atoms with Gasteiger partial charge in [0.05, 0.1) is 5.69 Å². The van der Waals surface area contributed by atoms with E-state index >= 15 is 0 Å². The molecule has 1 heterocycles. The van der Waals surface area contributed by atoms with Crippen molar-refractivity contribution >= 4 is 28.7 Å². The maximum Gasteiger partial charge on any atom is 0.182 e. The lowest BCUT2D eigenvalue weighted by atomic mass is 10.3. The molecule has 0 aliphatic heterocycles. The van der Waals surface area contributed by atoms with Crippen LogP contribution in [-0.4, -0.2) is 10.2 Å². The first-order valence-corrected chi connectivity index (χ1v) is 6.45. The summed E-state index contributed by atoms with van der Waals surface area (Å²) < 4.78 is 0. The molecule has 0 amide bonds. The van der Waals surface area contributed by atoms with Gasteiger partial charge in [0.1, 0.15) is 5.82 Å². The zero-order valence-corrected chi connectivity index (χ0v) is 11.2. The summed E-state index contributed by atoms with van der Waals surface area (Å²) in [6.07, 6.45) is 0. The average molecular weight is 278 g/mol. The van der Waals surface area contributed by atoms with Gasteiger partial charge in [0.2, 0.25) is 0 Å². The van der Waals surface area contributed by atoms with Gasteiger partial charge in [-0.2, -0.15) is 10.2 Å². The van der Waals surface area contributed by atoms with Crippen LogP contribution in [0, 0.1) is 0 Å². The topological polar surface area (TPSA) is 91.5 Å². The average Bonchev–Trinajstić information content (AvgIpc) is 2.87. The first-order chi connectivity index (χ1) is 10.3. The van der Waals surface area contributed by atoms with Gasteiger partial charge in [-0.15, -0.1) is 5.11 Å². The summed E-state index contributed by atoms with van der Waals surface area (Å²) in [5.74, 6) is 0.909. The number of aromatic nitrogens is 2. The molecular formula is C15H14N6. The van der Waals surface area contributed by atoms with Gasteiger partial charge < -0.3 is 11.1 Å². The molecule has 0 spiro atoms. The lowest BCUT2D eigenvalue weighted by Crippen LogP contribution is -1.90. The molecule has 0 aliphatic rings. The van der Waals surface area contributed by atoms with Gasteiger partial charge in [-0.3, -0.25) is 5.10 Å². The zero-order valence-electron chi connectivity index (χ0n) is 11.2. The van der Waals surface area contributed by atoms with E-state index in [0.29, 0.717) is 17.3 Å². The molecule has 0 aliphatic carbocycles. The second kappa shape index (κ2) is 5.87. The summed E-state index contributed by atoms with van der Waals surface area (Å²) in [7, 11) is 0. The summed E-state index contributed by atoms with van der Waals surface area (Å²) >= 11 is 0. The summed E-state index contributed by atoms with van der Waals surface area (Å²) in [5.41, 5.74) is 7.99. The first-order valence-electron chi connectivity index (χ1n) is 6.45. The van der Waals surface area contributed by atoms with Crippen LogP contribution >= 0.6 is 0 Å². The van der Waals surface area contributed by atoms with Gasteiger partial charge in [-0.1, -0.05) is 36.4 Å². The molecule has 2 aromatic carbocycles. The van der Waals surface area contributed by atoms with Crippen LogP contribution in [0.1, 0.15) is 0 Å². The molecule has 0 unspecified atom stereocenters. The Bertz CT molecular complexity index is 733. The number of H-pyrrole nitrogens is 1. The van der Waals surface area contributed by atoms with Crippen LogP contribution in [0.2, 0.25) is 0 Å². The van der Waals surface area contributed by atoms with Crippen LogP contribution in [-0.2, 0) is 0 Å². The number of nitrogens with zero attached hydrogens (tertiary/aromatic N) is 3. The minimum absolute atomic E-state index is 0.369. The van der Waals surface area contributed by atoms with Crippen LogP contribution in [0.3, 0.4) is 0 Å². The van der Waals surface area contributed by atoms with Crippen molar-refractivity contribution in [2.45, 2.75) is 0 Å². The number of nitrogen functional groups attached to an aromatic ring is 1. The highest BCUT2D eigenvalue weighted by Crippen LogP contribution is 2.32. The van der Waals surface area contributed by atoms with Crippen molar-refractivity contribution in [3.8, 4) is 0 Å². The van der Waals surface area contributed by atoms with Gasteiger partial charge in [0, 0.05) is 5.69 Å². The van der Waals surface area contributed by atoms with E-state index in [1.807, 2.05) is 60.7 Å². The lowest BCUT2D eigenvalue weighted by Gasteiger charge is -2.02. The van der Waals surface area contributed by atoms with Gasteiger partial charge in [-0.05, 0) is 24.3 Å². The minimum Gasteiger partial charge on any atom is -0.382 e. The van der Waals surface area contributed by atoms with Crippen molar-refractivity contribution in [3.05, 3.63) is 60.7 Å². The number of hydrogen-bond acceptors (Lipinski definition) is 5. The molecule has 0 saturated heterocycles. The van der Waals surface area contributed by atoms with Gasteiger partial charge >= 0.3 is 0 Å². The van der Waals surface area contributed by atoms with Gasteiger partial charge in [-0.25, -0.2) is 0 Å². The van der Waals surface area contributed by atoms with E-state index in [1.54, 1.807) is 0 Å². The third kappa shape index (κ3) is 3.06. The van der Waals surface area contributed by atoms with Crippen LogP contribution in [0.5, 0.6) is 0 Å². The van der Waals surface area contributed by atoms with E-state index < -0.39 is 0 Å². The number of benzene rings is 2. The van der Waals surface area contributed by atoms with E-state index in [0.717, 1.165) is 11.4 Å². The molecule has 0 saturated carbocycles. The van der Waals surface area contributed by atoms with Crippen molar-refractivity contribution in [1.82, 2.24) is 10.2 Å². The first kappa shape index (κ1) is 12.9. The molecule has 3 rings (SSSR count). The maximum absolute atomic E-state index is 5.85. The maximum atomic E-state index is 5.85. The zero-order chi connectivity index (χ0) is 14.5. The third-order valence-corrected chi connectivity index (χ3v) is 2.83. The van der Waals surface area contributed by atoms with Crippen LogP contribution in [0.4, 0.5) is 28.7 Å². The lowest BCUT2D eigenvalue weighted by molar-refractivity contribution is 1.10. The number of nitrogens with one attached hydrogen (secondary N) is 2. The molecule has 3 aromatic rings. The summed E-state index contributed by atoms with van der Waals surface area (Å²) in [6, 6.07) is 19.1. The summed E-state index contributed by atoms with van der Waals surface area (Å²) in [5, 5.41) is 18.3. The smallest absolute Gasteiger partial charge is 0.182 e. The highest BCUT2D eigenvalue weighted by atomic mass is 15.3. The fraction of sp³-hybridized carbons (Fsp3) is 0. The Morgan fingerprint density at radius 3 is 2.29 bits per heavy atom. The number of rotatable bonds is 4. The Morgan fingerprint density at radius 1 is 0.905 bits per heavy atom. The highest BCUT2D eigenvalue weighted by molar-refractivity contribution is 5.76. The molecule has 104 valence electrons. The fourth-order valence-electron chi connectivity index (χ4n) is 1.80. The SMILES string of the molecule is Nc1[nH]nc(Nc2ccccc2)c1N=Nc1ccccc1. The van der Waals surface area contributed by atoms with Gasteiger partial charge in [0.25, 0.3) is 0 Å². The van der Waals surface area contributed by atoms with Crippen molar-refractivity contribution in [2.24, 2.45) is 10.2 Å². The Labute approximate surface area is 121 Å². The van der Waals surface area contributed by atoms with E-state index in [1.165, 1.54) is 0 Å². The molecule has 21 heavy (non-hydrogen) atoms. The van der Waals surface area contributed by atoms with Crippen molar-refractivity contribution in [2.75, 3.05) is 11.1 Å². The number of nitrogens with two attached hydrogens (primary N) is 1. The second-order valence-electron chi connectivity index (χ2n) is 4.36. The molecule has 0 radical (unpaired) electrons. The molecule has 0 fully saturated rings. The van der Waals surface area contributed by atoms with Crippen LogP contribution in [0.15, 0.2) is 70.9 Å². The quantitative estimate of drug-likeness (QED) is 0.626. The van der Waals surface area contributed by atoms with Crippen molar-refractivity contribution in [1.29, 1.82) is 0 Å². The Morgan fingerprint density at radius 2 is 1.57 bits per heavy atom. The second-order valence-corrected chi connectivity index (χ2v) is 4.36. The Kier molecular flexibility index (Phi) is 3.60. The number of azo groups is 1. The normalized spacial score (nSPS) is 10.9. The molecule has 1 aromatic heterocycles. The predicted molar refractivity (Wildman–Crippen MR) is 83.3 cm³/mol. The Hall–Kier alpha value is -3.15. The molecule has 0 atom stereocenters. The molecule has 0 bridgehead atoms. The fourth-order valence-corrected chi connectivity index (χ4v) is 1.80. The highest BCUT2D eigenvalue weighted by Gasteiger charge is 2.10. The monoisotopic (exact) mass is 278 g/mol.